The number of hydrogen-bond acceptors (Lipinski definition) is 1. The Morgan fingerprint density at radius 3 is 2.50 bits per heavy atom. The number of rotatable bonds is 5. The van der Waals surface area contributed by atoms with Gasteiger partial charge in [-0.15, -0.1) is 0 Å². The normalized spacial score (nSPS) is 12.4. The number of hydrogen-bond donors (Lipinski definition) is 1. The minimum absolute atomic E-state index is 0.185. The SMILES string of the molecule is CCCc1cccc(C(NC)c2ccc(C)c(Cl)c2)c1. The molecule has 0 bridgehead atoms. The third kappa shape index (κ3) is 3.41. The van der Waals surface area contributed by atoms with Crippen molar-refractivity contribution < 1.29 is 0 Å². The van der Waals surface area contributed by atoms with Gasteiger partial charge in [-0.05, 0) is 48.7 Å². The van der Waals surface area contributed by atoms with Gasteiger partial charge in [0.25, 0.3) is 0 Å². The molecule has 1 atom stereocenters. The van der Waals surface area contributed by atoms with Crippen molar-refractivity contribution in [1.82, 2.24) is 5.32 Å². The van der Waals surface area contributed by atoms with Gasteiger partial charge in [0.05, 0.1) is 6.04 Å². The highest BCUT2D eigenvalue weighted by Gasteiger charge is 2.13. The van der Waals surface area contributed by atoms with E-state index in [1.54, 1.807) is 0 Å². The van der Waals surface area contributed by atoms with Crippen molar-refractivity contribution in [2.24, 2.45) is 0 Å². The van der Waals surface area contributed by atoms with Crippen LogP contribution in [0.15, 0.2) is 42.5 Å². The van der Waals surface area contributed by atoms with Crippen LogP contribution in [0.5, 0.6) is 0 Å². The zero-order chi connectivity index (χ0) is 14.5. The minimum Gasteiger partial charge on any atom is -0.309 e. The maximum atomic E-state index is 6.26. The van der Waals surface area contributed by atoms with Gasteiger partial charge in [0.2, 0.25) is 0 Å². The molecule has 2 aromatic rings. The molecular weight excluding hydrogens is 266 g/mol. The van der Waals surface area contributed by atoms with Crippen LogP contribution in [0.4, 0.5) is 0 Å². The molecule has 1 unspecified atom stereocenters. The monoisotopic (exact) mass is 287 g/mol. The van der Waals surface area contributed by atoms with E-state index < -0.39 is 0 Å². The van der Waals surface area contributed by atoms with E-state index in [1.165, 1.54) is 23.1 Å². The lowest BCUT2D eigenvalue weighted by atomic mass is 9.95. The average molecular weight is 288 g/mol. The Morgan fingerprint density at radius 1 is 1.10 bits per heavy atom. The van der Waals surface area contributed by atoms with Gasteiger partial charge in [0.15, 0.2) is 0 Å². The summed E-state index contributed by atoms with van der Waals surface area (Å²) in [5.41, 5.74) is 5.00. The van der Waals surface area contributed by atoms with Crippen LogP contribution in [-0.2, 0) is 6.42 Å². The molecule has 106 valence electrons. The molecule has 0 radical (unpaired) electrons. The highest BCUT2D eigenvalue weighted by Crippen LogP contribution is 2.26. The van der Waals surface area contributed by atoms with Gasteiger partial charge in [-0.2, -0.15) is 0 Å². The first-order valence-electron chi connectivity index (χ1n) is 7.18. The quantitative estimate of drug-likeness (QED) is 0.824. The molecule has 2 heteroatoms. The van der Waals surface area contributed by atoms with Crippen molar-refractivity contribution in [2.75, 3.05) is 7.05 Å². The van der Waals surface area contributed by atoms with Crippen LogP contribution in [0, 0.1) is 6.92 Å². The molecule has 0 aliphatic rings. The summed E-state index contributed by atoms with van der Waals surface area (Å²) in [7, 11) is 1.99. The third-order valence-corrected chi connectivity index (χ3v) is 4.05. The second-order valence-corrected chi connectivity index (χ2v) is 5.63. The molecular formula is C18H22ClN. The summed E-state index contributed by atoms with van der Waals surface area (Å²) < 4.78 is 0. The Balaban J connectivity index is 2.36. The van der Waals surface area contributed by atoms with E-state index in [1.807, 2.05) is 14.0 Å². The van der Waals surface area contributed by atoms with E-state index in [0.717, 1.165) is 17.0 Å². The first-order chi connectivity index (χ1) is 9.65. The van der Waals surface area contributed by atoms with Crippen molar-refractivity contribution in [2.45, 2.75) is 32.7 Å². The minimum atomic E-state index is 0.185. The largest absolute Gasteiger partial charge is 0.309 e. The van der Waals surface area contributed by atoms with Gasteiger partial charge in [-0.25, -0.2) is 0 Å². The van der Waals surface area contributed by atoms with Gasteiger partial charge in [-0.1, -0.05) is 61.3 Å². The first kappa shape index (κ1) is 15.1. The summed E-state index contributed by atoms with van der Waals surface area (Å²) in [5.74, 6) is 0. The lowest BCUT2D eigenvalue weighted by Crippen LogP contribution is -2.17. The van der Waals surface area contributed by atoms with Crippen LogP contribution in [0.1, 0.15) is 41.6 Å². The van der Waals surface area contributed by atoms with Gasteiger partial charge in [0, 0.05) is 5.02 Å². The maximum Gasteiger partial charge on any atom is 0.0574 e. The van der Waals surface area contributed by atoms with Crippen LogP contribution < -0.4 is 5.32 Å². The zero-order valence-electron chi connectivity index (χ0n) is 12.4. The molecule has 1 nitrogen and oxygen atoms in total. The summed E-state index contributed by atoms with van der Waals surface area (Å²) in [6, 6.07) is 15.3. The van der Waals surface area contributed by atoms with E-state index in [-0.39, 0.29) is 6.04 Å². The number of aryl methyl sites for hydroxylation is 2. The molecule has 0 spiro atoms. The number of halogens is 1. The van der Waals surface area contributed by atoms with Gasteiger partial charge in [-0.3, -0.25) is 0 Å². The van der Waals surface area contributed by atoms with Crippen LogP contribution in [0.25, 0.3) is 0 Å². The Labute approximate surface area is 127 Å². The van der Waals surface area contributed by atoms with Crippen LogP contribution >= 0.6 is 11.6 Å². The van der Waals surface area contributed by atoms with Crippen LogP contribution in [-0.4, -0.2) is 7.05 Å². The third-order valence-electron chi connectivity index (χ3n) is 3.64. The first-order valence-corrected chi connectivity index (χ1v) is 7.55. The molecule has 0 saturated carbocycles. The maximum absolute atomic E-state index is 6.26. The molecule has 0 aliphatic carbocycles. The predicted molar refractivity (Wildman–Crippen MR) is 87.5 cm³/mol. The fraction of sp³-hybridized carbons (Fsp3) is 0.333. The average Bonchev–Trinajstić information content (AvgIpc) is 2.44. The van der Waals surface area contributed by atoms with Gasteiger partial charge in [0.1, 0.15) is 0 Å². The summed E-state index contributed by atoms with van der Waals surface area (Å²) in [6.45, 7) is 4.24. The van der Waals surface area contributed by atoms with Crippen molar-refractivity contribution in [1.29, 1.82) is 0 Å². The lowest BCUT2D eigenvalue weighted by molar-refractivity contribution is 0.690. The van der Waals surface area contributed by atoms with Gasteiger partial charge < -0.3 is 5.32 Å². The Hall–Kier alpha value is -1.31. The molecule has 0 aliphatic heterocycles. The van der Waals surface area contributed by atoms with E-state index in [2.05, 4.69) is 54.7 Å². The Morgan fingerprint density at radius 2 is 1.85 bits per heavy atom. The molecule has 2 rings (SSSR count). The Bertz CT molecular complexity index is 577. The molecule has 0 heterocycles. The van der Waals surface area contributed by atoms with E-state index >= 15 is 0 Å². The highest BCUT2D eigenvalue weighted by atomic mass is 35.5. The van der Waals surface area contributed by atoms with Gasteiger partial charge >= 0.3 is 0 Å². The molecule has 20 heavy (non-hydrogen) atoms. The molecule has 0 aromatic heterocycles. The van der Waals surface area contributed by atoms with Crippen LogP contribution in [0.3, 0.4) is 0 Å². The smallest absolute Gasteiger partial charge is 0.0574 e. The molecule has 0 amide bonds. The second kappa shape index (κ2) is 6.92. The Kier molecular flexibility index (Phi) is 5.22. The topological polar surface area (TPSA) is 12.0 Å². The van der Waals surface area contributed by atoms with Crippen molar-refractivity contribution in [3.05, 3.63) is 69.7 Å². The standard InChI is InChI=1S/C18H22ClN/c1-4-6-14-7-5-8-15(11-14)18(20-3)16-10-9-13(2)17(19)12-16/h5,7-12,18,20H,4,6H2,1-3H3. The number of nitrogens with one attached hydrogen (secondary N) is 1. The molecule has 0 saturated heterocycles. The van der Waals surface area contributed by atoms with Crippen molar-refractivity contribution >= 4 is 11.6 Å². The van der Waals surface area contributed by atoms with E-state index in [0.29, 0.717) is 0 Å². The summed E-state index contributed by atoms with van der Waals surface area (Å²) in [5, 5.41) is 4.22. The van der Waals surface area contributed by atoms with E-state index in [9.17, 15) is 0 Å². The molecule has 1 N–H and O–H groups in total. The van der Waals surface area contributed by atoms with Crippen molar-refractivity contribution in [3.8, 4) is 0 Å². The fourth-order valence-electron chi connectivity index (χ4n) is 2.53. The number of benzene rings is 2. The zero-order valence-corrected chi connectivity index (χ0v) is 13.2. The summed E-state index contributed by atoms with van der Waals surface area (Å²) in [6.07, 6.45) is 2.29. The van der Waals surface area contributed by atoms with Crippen molar-refractivity contribution in [3.63, 3.8) is 0 Å². The van der Waals surface area contributed by atoms with Crippen LogP contribution in [0.2, 0.25) is 5.02 Å². The summed E-state index contributed by atoms with van der Waals surface area (Å²) >= 11 is 6.26. The second-order valence-electron chi connectivity index (χ2n) is 5.23. The lowest BCUT2D eigenvalue weighted by Gasteiger charge is -2.19. The van der Waals surface area contributed by atoms with E-state index in [4.69, 9.17) is 11.6 Å². The molecule has 2 aromatic carbocycles. The highest BCUT2D eigenvalue weighted by molar-refractivity contribution is 6.31. The fourth-order valence-corrected chi connectivity index (χ4v) is 2.72. The molecule has 0 fully saturated rings. The summed E-state index contributed by atoms with van der Waals surface area (Å²) in [4.78, 5) is 0. The predicted octanol–water partition coefficient (Wildman–Crippen LogP) is 4.91.